The summed E-state index contributed by atoms with van der Waals surface area (Å²) < 4.78 is 0. The third-order valence-electron chi connectivity index (χ3n) is 2.48. The molecule has 92 valence electrons. The minimum atomic E-state index is 0.584. The Kier molecular flexibility index (Phi) is 6.04. The van der Waals surface area contributed by atoms with Gasteiger partial charge in [-0.2, -0.15) is 5.26 Å². The van der Waals surface area contributed by atoms with Gasteiger partial charge in [0.1, 0.15) is 0 Å². The SMILES string of the molecule is CC(C)CN(CCC#N)Cc1ccc(Cl)cc1. The number of nitriles is 1. The Bertz CT molecular complexity index is 365. The third-order valence-corrected chi connectivity index (χ3v) is 2.73. The maximum atomic E-state index is 8.66. The fraction of sp³-hybridized carbons (Fsp3) is 0.500. The van der Waals surface area contributed by atoms with Gasteiger partial charge in [-0.15, -0.1) is 0 Å². The number of hydrogen-bond acceptors (Lipinski definition) is 2. The van der Waals surface area contributed by atoms with Crippen LogP contribution in [0.5, 0.6) is 0 Å². The lowest BCUT2D eigenvalue weighted by Crippen LogP contribution is -2.28. The van der Waals surface area contributed by atoms with Gasteiger partial charge in [-0.3, -0.25) is 4.90 Å². The lowest BCUT2D eigenvalue weighted by molar-refractivity contribution is 0.241. The molecule has 3 heteroatoms. The molecule has 0 N–H and O–H groups in total. The quantitative estimate of drug-likeness (QED) is 0.770. The highest BCUT2D eigenvalue weighted by atomic mass is 35.5. The van der Waals surface area contributed by atoms with Crippen molar-refractivity contribution in [1.82, 2.24) is 4.90 Å². The monoisotopic (exact) mass is 250 g/mol. The molecule has 0 saturated heterocycles. The normalized spacial score (nSPS) is 10.8. The Labute approximate surface area is 109 Å². The van der Waals surface area contributed by atoms with Crippen LogP contribution in [0.25, 0.3) is 0 Å². The van der Waals surface area contributed by atoms with E-state index in [0.29, 0.717) is 12.3 Å². The van der Waals surface area contributed by atoms with Gasteiger partial charge in [0.05, 0.1) is 6.07 Å². The van der Waals surface area contributed by atoms with Crippen molar-refractivity contribution < 1.29 is 0 Å². The van der Waals surface area contributed by atoms with Gasteiger partial charge in [0.15, 0.2) is 0 Å². The van der Waals surface area contributed by atoms with Gasteiger partial charge in [0.2, 0.25) is 0 Å². The largest absolute Gasteiger partial charge is 0.298 e. The second-order valence-corrected chi connectivity index (χ2v) is 5.10. The van der Waals surface area contributed by atoms with Crippen LogP contribution in [0, 0.1) is 17.2 Å². The molecule has 0 atom stereocenters. The Morgan fingerprint density at radius 2 is 1.94 bits per heavy atom. The van der Waals surface area contributed by atoms with E-state index in [1.807, 2.05) is 24.3 Å². The second kappa shape index (κ2) is 7.32. The maximum Gasteiger partial charge on any atom is 0.0635 e. The van der Waals surface area contributed by atoms with Gasteiger partial charge in [0.25, 0.3) is 0 Å². The molecule has 0 fully saturated rings. The first-order chi connectivity index (χ1) is 8.11. The van der Waals surface area contributed by atoms with Crippen LogP contribution in [0.4, 0.5) is 0 Å². The first-order valence-corrected chi connectivity index (χ1v) is 6.33. The zero-order valence-electron chi connectivity index (χ0n) is 10.5. The number of nitrogens with zero attached hydrogens (tertiary/aromatic N) is 2. The Morgan fingerprint density at radius 1 is 1.29 bits per heavy atom. The molecule has 0 radical (unpaired) electrons. The van der Waals surface area contributed by atoms with Crippen LogP contribution in [-0.2, 0) is 6.54 Å². The van der Waals surface area contributed by atoms with Gasteiger partial charge < -0.3 is 0 Å². The molecular formula is C14H19ClN2. The third kappa shape index (κ3) is 5.72. The lowest BCUT2D eigenvalue weighted by atomic mass is 10.1. The molecule has 2 nitrogen and oxygen atoms in total. The van der Waals surface area contributed by atoms with Crippen molar-refractivity contribution in [2.45, 2.75) is 26.8 Å². The van der Waals surface area contributed by atoms with Gasteiger partial charge >= 0.3 is 0 Å². The molecule has 0 bridgehead atoms. The molecule has 0 spiro atoms. The van der Waals surface area contributed by atoms with Crippen LogP contribution in [0.15, 0.2) is 24.3 Å². The number of benzene rings is 1. The summed E-state index contributed by atoms with van der Waals surface area (Å²) in [5.74, 6) is 0.612. The summed E-state index contributed by atoms with van der Waals surface area (Å²) in [7, 11) is 0. The molecule has 1 rings (SSSR count). The average molecular weight is 251 g/mol. The molecule has 0 aromatic heterocycles. The summed E-state index contributed by atoms with van der Waals surface area (Å²) in [5.41, 5.74) is 1.24. The predicted molar refractivity (Wildman–Crippen MR) is 71.8 cm³/mol. The summed E-state index contributed by atoms with van der Waals surface area (Å²) in [5, 5.41) is 9.42. The summed E-state index contributed by atoms with van der Waals surface area (Å²) in [6.45, 7) is 7.13. The van der Waals surface area contributed by atoms with E-state index in [-0.39, 0.29) is 0 Å². The minimum Gasteiger partial charge on any atom is -0.298 e. The van der Waals surface area contributed by atoms with Crippen molar-refractivity contribution in [2.75, 3.05) is 13.1 Å². The van der Waals surface area contributed by atoms with E-state index in [2.05, 4.69) is 24.8 Å². The van der Waals surface area contributed by atoms with Gasteiger partial charge in [-0.25, -0.2) is 0 Å². The molecule has 0 aliphatic carbocycles. The highest BCUT2D eigenvalue weighted by molar-refractivity contribution is 6.30. The zero-order chi connectivity index (χ0) is 12.7. The average Bonchev–Trinajstić information content (AvgIpc) is 2.28. The van der Waals surface area contributed by atoms with Gasteiger partial charge in [0, 0.05) is 31.1 Å². The van der Waals surface area contributed by atoms with Crippen molar-refractivity contribution in [3.8, 4) is 6.07 Å². The van der Waals surface area contributed by atoms with Crippen molar-refractivity contribution in [3.63, 3.8) is 0 Å². The molecular weight excluding hydrogens is 232 g/mol. The van der Waals surface area contributed by atoms with E-state index in [1.165, 1.54) is 5.56 Å². The van der Waals surface area contributed by atoms with Crippen LogP contribution < -0.4 is 0 Å². The van der Waals surface area contributed by atoms with E-state index in [9.17, 15) is 0 Å². The van der Waals surface area contributed by atoms with Crippen molar-refractivity contribution in [1.29, 1.82) is 5.26 Å². The van der Waals surface area contributed by atoms with Gasteiger partial charge in [-0.1, -0.05) is 37.6 Å². The Morgan fingerprint density at radius 3 is 2.47 bits per heavy atom. The summed E-state index contributed by atoms with van der Waals surface area (Å²) in [4.78, 5) is 2.32. The highest BCUT2D eigenvalue weighted by Gasteiger charge is 2.07. The fourth-order valence-electron chi connectivity index (χ4n) is 1.81. The molecule has 0 heterocycles. The van der Waals surface area contributed by atoms with Crippen LogP contribution in [-0.4, -0.2) is 18.0 Å². The topological polar surface area (TPSA) is 27.0 Å². The molecule has 1 aromatic rings. The van der Waals surface area contributed by atoms with E-state index < -0.39 is 0 Å². The fourth-order valence-corrected chi connectivity index (χ4v) is 1.93. The molecule has 0 unspecified atom stereocenters. The first-order valence-electron chi connectivity index (χ1n) is 5.95. The molecule has 0 amide bonds. The van der Waals surface area contributed by atoms with Crippen molar-refractivity contribution in [2.24, 2.45) is 5.92 Å². The number of halogens is 1. The summed E-state index contributed by atoms with van der Waals surface area (Å²) in [6, 6.07) is 10.1. The highest BCUT2D eigenvalue weighted by Crippen LogP contribution is 2.12. The van der Waals surface area contributed by atoms with Crippen molar-refractivity contribution in [3.05, 3.63) is 34.9 Å². The van der Waals surface area contributed by atoms with E-state index in [0.717, 1.165) is 24.7 Å². The smallest absolute Gasteiger partial charge is 0.0635 e. The summed E-state index contributed by atoms with van der Waals surface area (Å²) in [6.07, 6.45) is 0.584. The van der Waals surface area contributed by atoms with Crippen LogP contribution >= 0.6 is 11.6 Å². The predicted octanol–water partition coefficient (Wildman–Crippen LogP) is 3.71. The number of rotatable bonds is 6. The Balaban J connectivity index is 2.58. The molecule has 0 aliphatic rings. The molecule has 0 aliphatic heterocycles. The van der Waals surface area contributed by atoms with Crippen LogP contribution in [0.1, 0.15) is 25.8 Å². The maximum absolute atomic E-state index is 8.66. The molecule has 1 aromatic carbocycles. The second-order valence-electron chi connectivity index (χ2n) is 4.66. The number of hydrogen-bond donors (Lipinski definition) is 0. The Hall–Kier alpha value is -1.04. The van der Waals surface area contributed by atoms with E-state index in [1.54, 1.807) is 0 Å². The van der Waals surface area contributed by atoms with Crippen LogP contribution in [0.2, 0.25) is 5.02 Å². The molecule has 17 heavy (non-hydrogen) atoms. The van der Waals surface area contributed by atoms with Crippen molar-refractivity contribution >= 4 is 11.6 Å². The van der Waals surface area contributed by atoms with E-state index in [4.69, 9.17) is 16.9 Å². The first kappa shape index (κ1) is 14.0. The standard InChI is InChI=1S/C14H19ClN2/c1-12(2)10-17(9-3-8-16)11-13-4-6-14(15)7-5-13/h4-7,12H,3,9-11H2,1-2H3. The molecule has 0 saturated carbocycles. The zero-order valence-corrected chi connectivity index (χ0v) is 11.2. The van der Waals surface area contributed by atoms with E-state index >= 15 is 0 Å². The minimum absolute atomic E-state index is 0.584. The van der Waals surface area contributed by atoms with Gasteiger partial charge in [-0.05, 0) is 23.6 Å². The summed E-state index contributed by atoms with van der Waals surface area (Å²) >= 11 is 5.86. The lowest BCUT2D eigenvalue weighted by Gasteiger charge is -2.23. The van der Waals surface area contributed by atoms with Crippen LogP contribution in [0.3, 0.4) is 0 Å².